The summed E-state index contributed by atoms with van der Waals surface area (Å²) in [7, 11) is 0. The fourth-order valence-corrected chi connectivity index (χ4v) is 2.27. The van der Waals surface area contributed by atoms with Gasteiger partial charge in [-0.3, -0.25) is 9.78 Å². The lowest BCUT2D eigenvalue weighted by molar-refractivity contribution is -0.116. The van der Waals surface area contributed by atoms with Gasteiger partial charge in [0.15, 0.2) is 0 Å². The van der Waals surface area contributed by atoms with E-state index in [0.29, 0.717) is 12.5 Å². The van der Waals surface area contributed by atoms with Crippen LogP contribution in [-0.2, 0) is 11.3 Å². The lowest BCUT2D eigenvalue weighted by atomic mass is 10.3. The maximum absolute atomic E-state index is 11.7. The van der Waals surface area contributed by atoms with Gasteiger partial charge in [0.2, 0.25) is 5.91 Å². The predicted molar refractivity (Wildman–Crippen MR) is 80.3 cm³/mol. The molecule has 108 valence electrons. The van der Waals surface area contributed by atoms with Crippen molar-refractivity contribution in [3.05, 3.63) is 59.8 Å². The van der Waals surface area contributed by atoms with E-state index in [9.17, 15) is 4.79 Å². The van der Waals surface area contributed by atoms with E-state index in [1.165, 1.54) is 12.5 Å². The Bertz CT molecular complexity index is 646. The second kappa shape index (κ2) is 5.95. The largest absolute Gasteiger partial charge is 0.461 e. The second-order valence-electron chi connectivity index (χ2n) is 5.43. The summed E-state index contributed by atoms with van der Waals surface area (Å²) < 4.78 is 5.71. The van der Waals surface area contributed by atoms with Crippen LogP contribution in [0.25, 0.3) is 6.08 Å². The van der Waals surface area contributed by atoms with Crippen LogP contribution in [0.2, 0.25) is 0 Å². The van der Waals surface area contributed by atoms with Crippen molar-refractivity contribution in [3.8, 4) is 0 Å². The first-order valence-electron chi connectivity index (χ1n) is 7.18. The van der Waals surface area contributed by atoms with Crippen LogP contribution in [0.15, 0.2) is 47.0 Å². The van der Waals surface area contributed by atoms with E-state index in [1.807, 2.05) is 30.3 Å². The topological polar surface area (TPSA) is 55.1 Å². The lowest BCUT2D eigenvalue weighted by Crippen LogP contribution is -2.20. The highest BCUT2D eigenvalue weighted by atomic mass is 16.3. The number of amides is 1. The zero-order valence-electron chi connectivity index (χ0n) is 12.0. The van der Waals surface area contributed by atoms with Crippen molar-refractivity contribution in [1.29, 1.82) is 0 Å². The van der Waals surface area contributed by atoms with Crippen molar-refractivity contribution in [1.82, 2.24) is 10.3 Å². The number of nitrogens with one attached hydrogen (secondary N) is 1. The molecule has 1 aliphatic rings. The highest BCUT2D eigenvalue weighted by molar-refractivity contribution is 5.91. The van der Waals surface area contributed by atoms with E-state index in [4.69, 9.17) is 4.42 Å². The van der Waals surface area contributed by atoms with Crippen LogP contribution in [-0.4, -0.2) is 10.9 Å². The molecule has 0 saturated heterocycles. The Hall–Kier alpha value is -2.36. The molecule has 0 spiro atoms. The molecule has 2 atom stereocenters. The first-order chi connectivity index (χ1) is 10.2. The molecule has 1 fully saturated rings. The van der Waals surface area contributed by atoms with Gasteiger partial charge in [-0.1, -0.05) is 13.0 Å². The number of nitrogens with zero attached hydrogens (tertiary/aromatic N) is 1. The summed E-state index contributed by atoms with van der Waals surface area (Å²) >= 11 is 0. The number of rotatable bonds is 5. The molecule has 1 amide bonds. The van der Waals surface area contributed by atoms with Gasteiger partial charge in [-0.2, -0.15) is 0 Å². The Morgan fingerprint density at radius 1 is 1.43 bits per heavy atom. The van der Waals surface area contributed by atoms with Crippen molar-refractivity contribution in [3.63, 3.8) is 0 Å². The summed E-state index contributed by atoms with van der Waals surface area (Å²) in [5.41, 5.74) is 0.835. The van der Waals surface area contributed by atoms with Gasteiger partial charge in [0.1, 0.15) is 11.5 Å². The van der Waals surface area contributed by atoms with E-state index in [0.717, 1.165) is 23.1 Å². The van der Waals surface area contributed by atoms with E-state index < -0.39 is 0 Å². The number of aromatic nitrogens is 1. The van der Waals surface area contributed by atoms with Crippen LogP contribution >= 0.6 is 0 Å². The Morgan fingerprint density at radius 3 is 3.00 bits per heavy atom. The quantitative estimate of drug-likeness (QED) is 0.857. The molecule has 0 aliphatic heterocycles. The smallest absolute Gasteiger partial charge is 0.244 e. The lowest BCUT2D eigenvalue weighted by Gasteiger charge is -2.00. The van der Waals surface area contributed by atoms with Crippen LogP contribution in [0.1, 0.15) is 36.5 Å². The summed E-state index contributed by atoms with van der Waals surface area (Å²) in [5.74, 6) is 2.87. The molecule has 2 unspecified atom stereocenters. The Morgan fingerprint density at radius 2 is 2.29 bits per heavy atom. The molecule has 1 N–H and O–H groups in total. The molecule has 4 nitrogen and oxygen atoms in total. The Kier molecular flexibility index (Phi) is 3.86. The minimum absolute atomic E-state index is 0.154. The summed E-state index contributed by atoms with van der Waals surface area (Å²) in [6.45, 7) is 2.64. The molecule has 3 rings (SSSR count). The molecule has 2 aromatic heterocycles. The zero-order chi connectivity index (χ0) is 14.7. The minimum Gasteiger partial charge on any atom is -0.461 e. The van der Waals surface area contributed by atoms with Crippen LogP contribution in [0, 0.1) is 5.92 Å². The fraction of sp³-hybridized carbons (Fsp3) is 0.294. The van der Waals surface area contributed by atoms with Crippen molar-refractivity contribution in [2.45, 2.75) is 25.8 Å². The van der Waals surface area contributed by atoms with Gasteiger partial charge in [0.25, 0.3) is 0 Å². The number of pyridine rings is 1. The Balaban J connectivity index is 1.51. The Labute approximate surface area is 123 Å². The van der Waals surface area contributed by atoms with Crippen molar-refractivity contribution in [2.75, 3.05) is 0 Å². The third-order valence-electron chi connectivity index (χ3n) is 3.69. The molecule has 1 saturated carbocycles. The summed E-state index contributed by atoms with van der Waals surface area (Å²) in [5, 5.41) is 2.79. The summed E-state index contributed by atoms with van der Waals surface area (Å²) in [4.78, 5) is 15.9. The van der Waals surface area contributed by atoms with Crippen LogP contribution in [0.5, 0.6) is 0 Å². The maximum atomic E-state index is 11.7. The van der Waals surface area contributed by atoms with Crippen molar-refractivity contribution < 1.29 is 9.21 Å². The number of hydrogen-bond acceptors (Lipinski definition) is 3. The first kappa shape index (κ1) is 13.6. The third-order valence-corrected chi connectivity index (χ3v) is 3.69. The molecule has 1 aliphatic carbocycles. The van der Waals surface area contributed by atoms with Gasteiger partial charge in [-0.25, -0.2) is 0 Å². The molecule has 0 aromatic carbocycles. The predicted octanol–water partition coefficient (Wildman–Crippen LogP) is 3.13. The average molecular weight is 282 g/mol. The molecular weight excluding hydrogens is 264 g/mol. The second-order valence-corrected chi connectivity index (χ2v) is 5.43. The van der Waals surface area contributed by atoms with Gasteiger partial charge in [0.05, 0.1) is 12.2 Å². The minimum atomic E-state index is -0.154. The molecule has 2 aromatic rings. The number of hydrogen-bond donors (Lipinski definition) is 1. The number of carbonyl (C=O) groups is 1. The third kappa shape index (κ3) is 3.60. The number of carbonyl (C=O) groups excluding carboxylic acids is 1. The highest BCUT2D eigenvalue weighted by Crippen LogP contribution is 2.47. The van der Waals surface area contributed by atoms with Gasteiger partial charge in [-0.05, 0) is 42.7 Å². The summed E-state index contributed by atoms with van der Waals surface area (Å²) in [6, 6.07) is 9.52. The zero-order valence-corrected chi connectivity index (χ0v) is 12.0. The molecule has 4 heteroatoms. The van der Waals surface area contributed by atoms with Crippen LogP contribution in [0.4, 0.5) is 0 Å². The molecular formula is C17H18N2O2. The molecule has 2 heterocycles. The standard InChI is InChI=1S/C17H18N2O2/c1-12-10-15(12)16-7-5-14(21-16)6-8-17(20)19-11-13-4-2-3-9-18-13/h2-9,12,15H,10-11H2,1H3,(H,19,20). The summed E-state index contributed by atoms with van der Waals surface area (Å²) in [6.07, 6.45) is 6.09. The van der Waals surface area contributed by atoms with Crippen molar-refractivity contribution in [2.24, 2.45) is 5.92 Å². The fourth-order valence-electron chi connectivity index (χ4n) is 2.27. The van der Waals surface area contributed by atoms with Gasteiger partial charge >= 0.3 is 0 Å². The van der Waals surface area contributed by atoms with Crippen molar-refractivity contribution >= 4 is 12.0 Å². The maximum Gasteiger partial charge on any atom is 0.244 e. The average Bonchev–Trinajstić information content (AvgIpc) is 3.05. The van der Waals surface area contributed by atoms with Gasteiger partial charge in [0, 0.05) is 18.2 Å². The highest BCUT2D eigenvalue weighted by Gasteiger charge is 2.36. The van der Waals surface area contributed by atoms with Gasteiger partial charge in [-0.15, -0.1) is 0 Å². The first-order valence-corrected chi connectivity index (χ1v) is 7.18. The normalized spacial score (nSPS) is 20.6. The van der Waals surface area contributed by atoms with Gasteiger partial charge < -0.3 is 9.73 Å². The molecule has 0 bridgehead atoms. The van der Waals surface area contributed by atoms with E-state index in [2.05, 4.69) is 17.2 Å². The monoisotopic (exact) mass is 282 g/mol. The SMILES string of the molecule is CC1CC1c1ccc(C=CC(=O)NCc2ccccn2)o1. The van der Waals surface area contributed by atoms with E-state index >= 15 is 0 Å². The van der Waals surface area contributed by atoms with Crippen LogP contribution in [0.3, 0.4) is 0 Å². The van der Waals surface area contributed by atoms with E-state index in [-0.39, 0.29) is 5.91 Å². The van der Waals surface area contributed by atoms with E-state index in [1.54, 1.807) is 12.3 Å². The molecule has 21 heavy (non-hydrogen) atoms. The molecule has 0 radical (unpaired) electrons. The number of furan rings is 1. The van der Waals surface area contributed by atoms with Crippen LogP contribution < -0.4 is 5.32 Å².